The molecule has 6 heteroatoms. The van der Waals surface area contributed by atoms with E-state index in [9.17, 15) is 4.79 Å². The maximum atomic E-state index is 13.0. The first-order valence-corrected chi connectivity index (χ1v) is 11.6. The van der Waals surface area contributed by atoms with Crippen LogP contribution in [0.1, 0.15) is 35.3 Å². The number of rotatable bonds is 6. The summed E-state index contributed by atoms with van der Waals surface area (Å²) in [6.45, 7) is 0.276. The fourth-order valence-corrected chi connectivity index (χ4v) is 4.76. The number of carbonyl (C=O) groups is 1. The molecule has 1 aromatic heterocycles. The Hall–Kier alpha value is -2.89. The van der Waals surface area contributed by atoms with E-state index in [0.717, 1.165) is 46.3 Å². The van der Waals surface area contributed by atoms with Crippen LogP contribution in [0.5, 0.6) is 5.75 Å². The van der Waals surface area contributed by atoms with Crippen molar-refractivity contribution in [1.29, 1.82) is 0 Å². The summed E-state index contributed by atoms with van der Waals surface area (Å²) >= 11 is 8.09. The third-order valence-electron chi connectivity index (χ3n) is 5.57. The molecule has 0 spiro atoms. The molecule has 1 amide bonds. The standard InChI is InChI=1S/C25H21ClN2O2S/c26-22-13-21(24(29)27-17-9-6-10-17)23(20-12-5-4-11-19(20)22)30-14-18-15-31-25(28-18)16-7-2-1-3-8-16/h1-5,7-8,11-13,15,17H,6,9-10,14H2,(H,27,29). The summed E-state index contributed by atoms with van der Waals surface area (Å²) in [5.41, 5.74) is 2.37. The van der Waals surface area contributed by atoms with Crippen molar-refractivity contribution in [3.63, 3.8) is 0 Å². The van der Waals surface area contributed by atoms with Crippen LogP contribution >= 0.6 is 22.9 Å². The monoisotopic (exact) mass is 448 g/mol. The van der Waals surface area contributed by atoms with Crippen LogP contribution in [0.3, 0.4) is 0 Å². The lowest BCUT2D eigenvalue weighted by molar-refractivity contribution is 0.0912. The van der Waals surface area contributed by atoms with Crippen LogP contribution in [0, 0.1) is 0 Å². The highest BCUT2D eigenvalue weighted by Crippen LogP contribution is 2.36. The van der Waals surface area contributed by atoms with Gasteiger partial charge in [-0.1, -0.05) is 66.2 Å². The van der Waals surface area contributed by atoms with Gasteiger partial charge < -0.3 is 10.1 Å². The Kier molecular flexibility index (Phi) is 5.62. The molecule has 0 atom stereocenters. The van der Waals surface area contributed by atoms with Gasteiger partial charge in [-0.25, -0.2) is 4.98 Å². The summed E-state index contributed by atoms with van der Waals surface area (Å²) < 4.78 is 6.22. The summed E-state index contributed by atoms with van der Waals surface area (Å²) in [6, 6.07) is 19.7. The Labute approximate surface area is 189 Å². The molecule has 0 aliphatic heterocycles. The maximum Gasteiger partial charge on any atom is 0.255 e. The Morgan fingerprint density at radius 3 is 2.58 bits per heavy atom. The Balaban J connectivity index is 1.45. The van der Waals surface area contributed by atoms with Crippen molar-refractivity contribution in [2.75, 3.05) is 0 Å². The number of benzene rings is 3. The van der Waals surface area contributed by atoms with Crippen LogP contribution in [0.2, 0.25) is 5.02 Å². The second-order valence-corrected chi connectivity index (χ2v) is 8.95. The van der Waals surface area contributed by atoms with E-state index in [0.29, 0.717) is 16.3 Å². The lowest BCUT2D eigenvalue weighted by Gasteiger charge is -2.27. The average molecular weight is 449 g/mol. The summed E-state index contributed by atoms with van der Waals surface area (Å²) in [4.78, 5) is 17.7. The Morgan fingerprint density at radius 2 is 1.84 bits per heavy atom. The van der Waals surface area contributed by atoms with Gasteiger partial charge in [-0.3, -0.25) is 4.79 Å². The number of amides is 1. The summed E-state index contributed by atoms with van der Waals surface area (Å²) in [7, 11) is 0. The molecular formula is C25H21ClN2O2S. The SMILES string of the molecule is O=C(NC1CCC1)c1cc(Cl)c2ccccc2c1OCc1csc(-c2ccccc2)n1. The zero-order chi connectivity index (χ0) is 21.2. The molecule has 31 heavy (non-hydrogen) atoms. The van der Waals surface area contributed by atoms with Crippen molar-refractivity contribution in [3.8, 4) is 16.3 Å². The molecular weight excluding hydrogens is 428 g/mol. The third-order valence-corrected chi connectivity index (χ3v) is 6.82. The minimum absolute atomic E-state index is 0.143. The highest BCUT2D eigenvalue weighted by molar-refractivity contribution is 7.13. The van der Waals surface area contributed by atoms with Gasteiger partial charge >= 0.3 is 0 Å². The number of aromatic nitrogens is 1. The lowest BCUT2D eigenvalue weighted by atomic mass is 9.92. The Morgan fingerprint density at radius 1 is 1.10 bits per heavy atom. The molecule has 4 aromatic rings. The minimum Gasteiger partial charge on any atom is -0.486 e. The Bertz CT molecular complexity index is 1230. The second-order valence-electron chi connectivity index (χ2n) is 7.68. The minimum atomic E-state index is -0.143. The molecule has 5 rings (SSSR count). The second kappa shape index (κ2) is 8.69. The quantitative estimate of drug-likeness (QED) is 0.367. The first-order chi connectivity index (χ1) is 15.2. The maximum absolute atomic E-state index is 13.0. The molecule has 3 aromatic carbocycles. The number of nitrogens with zero attached hydrogens (tertiary/aromatic N) is 1. The number of ether oxygens (including phenoxy) is 1. The molecule has 1 saturated carbocycles. The molecule has 1 aliphatic carbocycles. The van der Waals surface area contributed by atoms with Crippen LogP contribution in [-0.4, -0.2) is 16.9 Å². The van der Waals surface area contributed by atoms with E-state index in [1.807, 2.05) is 60.0 Å². The molecule has 1 heterocycles. The number of halogens is 1. The molecule has 0 radical (unpaired) electrons. The van der Waals surface area contributed by atoms with Gasteiger partial charge in [0.05, 0.1) is 11.3 Å². The number of nitrogens with one attached hydrogen (secondary N) is 1. The van der Waals surface area contributed by atoms with Crippen molar-refractivity contribution in [1.82, 2.24) is 10.3 Å². The largest absolute Gasteiger partial charge is 0.486 e. The van der Waals surface area contributed by atoms with E-state index in [2.05, 4.69) is 5.32 Å². The van der Waals surface area contributed by atoms with Crippen molar-refractivity contribution < 1.29 is 9.53 Å². The van der Waals surface area contributed by atoms with Crippen LogP contribution in [0.15, 0.2) is 66.0 Å². The zero-order valence-corrected chi connectivity index (χ0v) is 18.4. The summed E-state index contributed by atoms with van der Waals surface area (Å²) in [6.07, 6.45) is 3.19. The number of carbonyl (C=O) groups excluding carboxylic acids is 1. The average Bonchev–Trinajstić information content (AvgIpc) is 3.25. The van der Waals surface area contributed by atoms with Gasteiger partial charge in [0, 0.05) is 32.8 Å². The fourth-order valence-electron chi connectivity index (χ4n) is 3.68. The third kappa shape index (κ3) is 4.16. The predicted molar refractivity (Wildman–Crippen MR) is 126 cm³/mol. The molecule has 0 unspecified atom stereocenters. The van der Waals surface area contributed by atoms with E-state index in [4.69, 9.17) is 21.3 Å². The van der Waals surface area contributed by atoms with E-state index < -0.39 is 0 Å². The predicted octanol–water partition coefficient (Wildman–Crippen LogP) is 6.48. The number of hydrogen-bond donors (Lipinski definition) is 1. The molecule has 4 nitrogen and oxygen atoms in total. The molecule has 1 fully saturated rings. The van der Waals surface area contributed by atoms with Gasteiger partial charge in [0.2, 0.25) is 0 Å². The van der Waals surface area contributed by atoms with Gasteiger partial charge in [-0.05, 0) is 25.3 Å². The summed E-state index contributed by atoms with van der Waals surface area (Å²) in [5.74, 6) is 0.404. The summed E-state index contributed by atoms with van der Waals surface area (Å²) in [5, 5.41) is 8.27. The van der Waals surface area contributed by atoms with E-state index in [1.165, 1.54) is 0 Å². The lowest BCUT2D eigenvalue weighted by Crippen LogP contribution is -2.39. The van der Waals surface area contributed by atoms with Gasteiger partial charge in [-0.2, -0.15) is 0 Å². The van der Waals surface area contributed by atoms with E-state index in [-0.39, 0.29) is 18.6 Å². The van der Waals surface area contributed by atoms with Crippen LogP contribution in [-0.2, 0) is 6.61 Å². The zero-order valence-electron chi connectivity index (χ0n) is 16.8. The first kappa shape index (κ1) is 20.0. The highest BCUT2D eigenvalue weighted by atomic mass is 35.5. The van der Waals surface area contributed by atoms with Crippen LogP contribution in [0.25, 0.3) is 21.3 Å². The smallest absolute Gasteiger partial charge is 0.255 e. The van der Waals surface area contributed by atoms with Gasteiger partial charge in [0.1, 0.15) is 17.4 Å². The highest BCUT2D eigenvalue weighted by Gasteiger charge is 2.24. The molecule has 1 aliphatic rings. The van der Waals surface area contributed by atoms with Gasteiger partial charge in [0.15, 0.2) is 0 Å². The first-order valence-electron chi connectivity index (χ1n) is 10.3. The molecule has 0 bridgehead atoms. The van der Waals surface area contributed by atoms with Gasteiger partial charge in [0.25, 0.3) is 5.91 Å². The van der Waals surface area contributed by atoms with Crippen molar-refractivity contribution in [2.24, 2.45) is 0 Å². The van der Waals surface area contributed by atoms with Crippen molar-refractivity contribution in [2.45, 2.75) is 31.9 Å². The van der Waals surface area contributed by atoms with Crippen LogP contribution in [0.4, 0.5) is 0 Å². The van der Waals surface area contributed by atoms with Gasteiger partial charge in [-0.15, -0.1) is 11.3 Å². The molecule has 156 valence electrons. The number of hydrogen-bond acceptors (Lipinski definition) is 4. The van der Waals surface area contributed by atoms with Crippen LogP contribution < -0.4 is 10.1 Å². The molecule has 0 saturated heterocycles. The molecule has 1 N–H and O–H groups in total. The van der Waals surface area contributed by atoms with Crippen molar-refractivity contribution >= 4 is 39.6 Å². The van der Waals surface area contributed by atoms with E-state index in [1.54, 1.807) is 17.4 Å². The normalized spacial score (nSPS) is 13.7. The fraction of sp³-hybridized carbons (Fsp3) is 0.200. The number of fused-ring (bicyclic) bond motifs is 1. The number of thiazole rings is 1. The topological polar surface area (TPSA) is 51.2 Å². The van der Waals surface area contributed by atoms with E-state index >= 15 is 0 Å². The van der Waals surface area contributed by atoms with Crippen molar-refractivity contribution in [3.05, 3.63) is 82.3 Å².